The minimum absolute atomic E-state index is 0.114. The molecule has 2 aromatic carbocycles. The van der Waals surface area contributed by atoms with Crippen molar-refractivity contribution in [1.82, 2.24) is 14.9 Å². The third-order valence-electron chi connectivity index (χ3n) is 5.18. The Morgan fingerprint density at radius 2 is 2.03 bits per heavy atom. The number of nitrogens with one attached hydrogen (secondary N) is 1. The van der Waals surface area contributed by atoms with Crippen molar-refractivity contribution in [2.45, 2.75) is 12.8 Å². The summed E-state index contributed by atoms with van der Waals surface area (Å²) in [7, 11) is 1.46. The second-order valence-electron chi connectivity index (χ2n) is 7.43. The van der Waals surface area contributed by atoms with E-state index in [0.717, 1.165) is 0 Å². The second-order valence-corrected chi connectivity index (χ2v) is 7.87. The van der Waals surface area contributed by atoms with Gasteiger partial charge in [0.1, 0.15) is 17.4 Å². The number of carbonyl (C=O) groups excluding carboxylic acids is 1. The van der Waals surface area contributed by atoms with E-state index in [1.807, 2.05) is 4.90 Å². The quantitative estimate of drug-likeness (QED) is 0.490. The molecule has 0 spiro atoms. The number of methoxy groups -OCH3 is 1. The number of ether oxygens (including phenoxy) is 3. The Labute approximate surface area is 195 Å². The summed E-state index contributed by atoms with van der Waals surface area (Å²) >= 11 is 5.84. The zero-order chi connectivity index (χ0) is 23.2. The molecule has 10 heteroatoms. The van der Waals surface area contributed by atoms with Crippen LogP contribution in [0.15, 0.2) is 36.4 Å². The van der Waals surface area contributed by atoms with Crippen LogP contribution in [-0.4, -0.2) is 60.8 Å². The molecule has 0 atom stereocenters. The molecule has 1 amide bonds. The fraction of sp³-hybridized carbons (Fsp3) is 0.348. The largest absolute Gasteiger partial charge is 0.494 e. The van der Waals surface area contributed by atoms with E-state index in [9.17, 15) is 9.18 Å². The molecule has 0 radical (unpaired) electrons. The first-order valence-electron chi connectivity index (χ1n) is 10.6. The maximum absolute atomic E-state index is 14.3. The van der Waals surface area contributed by atoms with E-state index in [2.05, 4.69) is 15.3 Å². The first kappa shape index (κ1) is 23.0. The number of nitrogens with zero attached hydrogens (tertiary/aromatic N) is 3. The molecule has 1 saturated heterocycles. The highest BCUT2D eigenvalue weighted by Crippen LogP contribution is 2.30. The van der Waals surface area contributed by atoms with Crippen LogP contribution in [0.5, 0.6) is 11.8 Å². The Hall–Kier alpha value is -3.17. The lowest BCUT2D eigenvalue weighted by atomic mass is 10.2. The third kappa shape index (κ3) is 5.80. The van der Waals surface area contributed by atoms with Gasteiger partial charge < -0.3 is 24.4 Å². The van der Waals surface area contributed by atoms with E-state index >= 15 is 0 Å². The van der Waals surface area contributed by atoms with Crippen LogP contribution in [-0.2, 0) is 9.53 Å². The summed E-state index contributed by atoms with van der Waals surface area (Å²) in [5.74, 6) is 0.606. The van der Waals surface area contributed by atoms with Crippen molar-refractivity contribution >= 4 is 39.9 Å². The summed E-state index contributed by atoms with van der Waals surface area (Å²) in [5.41, 5.74) is 0.798. The minimum Gasteiger partial charge on any atom is -0.494 e. The van der Waals surface area contributed by atoms with E-state index in [1.54, 1.807) is 24.3 Å². The van der Waals surface area contributed by atoms with Crippen LogP contribution in [0.25, 0.3) is 10.9 Å². The number of anilines is 2. The molecule has 2 heterocycles. The second kappa shape index (κ2) is 10.6. The molecule has 174 valence electrons. The van der Waals surface area contributed by atoms with Crippen LogP contribution in [0.1, 0.15) is 12.8 Å². The van der Waals surface area contributed by atoms with Gasteiger partial charge in [-0.05, 0) is 36.8 Å². The van der Waals surface area contributed by atoms with E-state index in [0.29, 0.717) is 73.2 Å². The molecule has 8 nitrogen and oxygen atoms in total. The number of hydrogen-bond donors (Lipinski definition) is 1. The highest BCUT2D eigenvalue weighted by atomic mass is 35.5. The lowest BCUT2D eigenvalue weighted by Crippen LogP contribution is -2.40. The third-order valence-corrected chi connectivity index (χ3v) is 5.42. The Balaban J connectivity index is 1.43. The lowest BCUT2D eigenvalue weighted by Gasteiger charge is -2.26. The first-order valence-corrected chi connectivity index (χ1v) is 11.0. The number of aromatic nitrogens is 2. The summed E-state index contributed by atoms with van der Waals surface area (Å²) in [6, 6.07) is 9.81. The molecular formula is C23H24ClFN4O4. The Kier molecular flexibility index (Phi) is 7.41. The molecular weight excluding hydrogens is 451 g/mol. The normalized spacial score (nSPS) is 13.7. The van der Waals surface area contributed by atoms with E-state index in [4.69, 9.17) is 25.8 Å². The van der Waals surface area contributed by atoms with Crippen molar-refractivity contribution in [3.05, 3.63) is 47.2 Å². The summed E-state index contributed by atoms with van der Waals surface area (Å²) < 4.78 is 30.6. The van der Waals surface area contributed by atoms with E-state index < -0.39 is 5.82 Å². The van der Waals surface area contributed by atoms with Crippen molar-refractivity contribution < 1.29 is 23.4 Å². The molecule has 33 heavy (non-hydrogen) atoms. The molecule has 0 bridgehead atoms. The number of morpholine rings is 1. The maximum atomic E-state index is 14.3. The van der Waals surface area contributed by atoms with Crippen molar-refractivity contribution in [3.8, 4) is 11.8 Å². The summed E-state index contributed by atoms with van der Waals surface area (Å²) in [6.07, 6.45) is 1.02. The molecule has 1 fully saturated rings. The molecule has 1 aromatic heterocycles. The smallest absolute Gasteiger partial charge is 0.318 e. The molecule has 0 unspecified atom stereocenters. The topological polar surface area (TPSA) is 85.8 Å². The van der Waals surface area contributed by atoms with Gasteiger partial charge in [-0.3, -0.25) is 4.79 Å². The number of amides is 1. The monoisotopic (exact) mass is 474 g/mol. The van der Waals surface area contributed by atoms with Gasteiger partial charge in [0.2, 0.25) is 5.91 Å². The Morgan fingerprint density at radius 1 is 1.21 bits per heavy atom. The van der Waals surface area contributed by atoms with Gasteiger partial charge in [0.15, 0.2) is 0 Å². The SMILES string of the molecule is COc1nc(Nc2ccc(Cl)cc2F)c2ccc(OCCCC(=O)N3CCOCC3)cc2n1. The average molecular weight is 475 g/mol. The highest BCUT2D eigenvalue weighted by Gasteiger charge is 2.16. The van der Waals surface area contributed by atoms with Gasteiger partial charge in [-0.2, -0.15) is 9.97 Å². The highest BCUT2D eigenvalue weighted by molar-refractivity contribution is 6.30. The standard InChI is InChI=1S/C23H24ClFN4O4/c1-31-23-27-20-14-16(33-10-2-3-21(30)29-8-11-32-12-9-29)5-6-17(20)22(28-23)26-19-7-4-15(24)13-18(19)25/h4-7,13-14H,2-3,8-12H2,1H3,(H,26,27,28). The number of rotatable bonds is 8. The number of halogens is 2. The number of hydrogen-bond acceptors (Lipinski definition) is 7. The fourth-order valence-electron chi connectivity index (χ4n) is 3.47. The Morgan fingerprint density at radius 3 is 2.79 bits per heavy atom. The van der Waals surface area contributed by atoms with Gasteiger partial charge in [-0.25, -0.2) is 4.39 Å². The predicted octanol–water partition coefficient (Wildman–Crippen LogP) is 4.19. The molecule has 4 rings (SSSR count). The average Bonchev–Trinajstić information content (AvgIpc) is 2.83. The van der Waals surface area contributed by atoms with Gasteiger partial charge in [0, 0.05) is 36.0 Å². The molecule has 1 aliphatic heterocycles. The van der Waals surface area contributed by atoms with Crippen LogP contribution in [0.3, 0.4) is 0 Å². The lowest BCUT2D eigenvalue weighted by molar-refractivity contribution is -0.135. The van der Waals surface area contributed by atoms with E-state index in [-0.39, 0.29) is 17.6 Å². The van der Waals surface area contributed by atoms with Gasteiger partial charge in [0.25, 0.3) is 0 Å². The van der Waals surface area contributed by atoms with Gasteiger partial charge >= 0.3 is 6.01 Å². The molecule has 0 aliphatic carbocycles. The molecule has 0 saturated carbocycles. The first-order chi connectivity index (χ1) is 16.0. The van der Waals surface area contributed by atoms with Crippen LogP contribution in [0.4, 0.5) is 15.9 Å². The van der Waals surface area contributed by atoms with Crippen LogP contribution in [0, 0.1) is 5.82 Å². The van der Waals surface area contributed by atoms with Crippen LogP contribution < -0.4 is 14.8 Å². The fourth-order valence-corrected chi connectivity index (χ4v) is 3.63. The van der Waals surface area contributed by atoms with Crippen molar-refractivity contribution in [1.29, 1.82) is 0 Å². The predicted molar refractivity (Wildman–Crippen MR) is 123 cm³/mol. The van der Waals surface area contributed by atoms with Crippen molar-refractivity contribution in [3.63, 3.8) is 0 Å². The summed E-state index contributed by atoms with van der Waals surface area (Å²) in [4.78, 5) is 22.7. The van der Waals surface area contributed by atoms with Crippen molar-refractivity contribution in [2.75, 3.05) is 45.3 Å². The number of carbonyl (C=O) groups is 1. The van der Waals surface area contributed by atoms with Gasteiger partial charge in [0.05, 0.1) is 38.1 Å². The van der Waals surface area contributed by atoms with Crippen LogP contribution >= 0.6 is 11.6 Å². The number of benzene rings is 2. The maximum Gasteiger partial charge on any atom is 0.318 e. The molecule has 1 N–H and O–H groups in total. The van der Waals surface area contributed by atoms with Crippen molar-refractivity contribution in [2.24, 2.45) is 0 Å². The molecule has 1 aliphatic rings. The summed E-state index contributed by atoms with van der Waals surface area (Å²) in [5, 5.41) is 3.94. The molecule has 3 aromatic rings. The zero-order valence-corrected chi connectivity index (χ0v) is 18.9. The minimum atomic E-state index is -0.500. The van der Waals surface area contributed by atoms with Crippen LogP contribution in [0.2, 0.25) is 5.02 Å². The Bertz CT molecular complexity index is 1140. The van der Waals surface area contributed by atoms with E-state index in [1.165, 1.54) is 19.2 Å². The summed E-state index contributed by atoms with van der Waals surface area (Å²) in [6.45, 7) is 2.85. The van der Waals surface area contributed by atoms with Gasteiger partial charge in [-0.15, -0.1) is 0 Å². The number of fused-ring (bicyclic) bond motifs is 1. The van der Waals surface area contributed by atoms with Gasteiger partial charge in [-0.1, -0.05) is 11.6 Å². The zero-order valence-electron chi connectivity index (χ0n) is 18.1.